The molecule has 1 atom stereocenters. The van der Waals surface area contributed by atoms with Gasteiger partial charge in [0.2, 0.25) is 5.91 Å². The Hall–Kier alpha value is -3.11. The molecule has 1 amide bonds. The molecule has 0 saturated heterocycles. The van der Waals surface area contributed by atoms with Gasteiger partial charge in [-0.3, -0.25) is 4.79 Å². The van der Waals surface area contributed by atoms with Gasteiger partial charge in [0.15, 0.2) is 5.16 Å². The number of nitrogens with one attached hydrogen (secondary N) is 1. The number of nitriles is 1. The van der Waals surface area contributed by atoms with E-state index in [4.69, 9.17) is 5.26 Å². The summed E-state index contributed by atoms with van der Waals surface area (Å²) in [7, 11) is 0. The van der Waals surface area contributed by atoms with Crippen molar-refractivity contribution in [2.24, 2.45) is 0 Å². The topological polar surface area (TPSA) is 83.6 Å². The molecule has 28 heavy (non-hydrogen) atoms. The molecular formula is C21H21N5OS. The Morgan fingerprint density at radius 1 is 1.18 bits per heavy atom. The van der Waals surface area contributed by atoms with Crippen molar-refractivity contribution in [2.75, 3.05) is 5.75 Å². The second kappa shape index (κ2) is 9.20. The molecule has 6 nitrogen and oxygen atoms in total. The minimum absolute atomic E-state index is 0.0752. The third-order valence-electron chi connectivity index (χ3n) is 4.33. The Morgan fingerprint density at radius 2 is 1.89 bits per heavy atom. The minimum Gasteiger partial charge on any atom is -0.349 e. The highest BCUT2D eigenvalue weighted by Crippen LogP contribution is 2.19. The lowest BCUT2D eigenvalue weighted by Gasteiger charge is -2.14. The van der Waals surface area contributed by atoms with Gasteiger partial charge in [0, 0.05) is 0 Å². The van der Waals surface area contributed by atoms with E-state index in [1.165, 1.54) is 11.8 Å². The summed E-state index contributed by atoms with van der Waals surface area (Å²) in [5.41, 5.74) is 2.72. The lowest BCUT2D eigenvalue weighted by molar-refractivity contribution is -0.119. The van der Waals surface area contributed by atoms with E-state index in [-0.39, 0.29) is 17.7 Å². The molecule has 3 rings (SSSR count). The molecule has 0 spiro atoms. The van der Waals surface area contributed by atoms with E-state index in [2.05, 4.69) is 33.7 Å². The highest BCUT2D eigenvalue weighted by atomic mass is 32.2. The van der Waals surface area contributed by atoms with Crippen LogP contribution in [0.3, 0.4) is 0 Å². The van der Waals surface area contributed by atoms with Crippen LogP contribution in [-0.2, 0) is 11.3 Å². The van der Waals surface area contributed by atoms with Crippen molar-refractivity contribution in [3.8, 4) is 6.07 Å². The number of carbonyl (C=O) groups is 1. The first-order chi connectivity index (χ1) is 13.6. The summed E-state index contributed by atoms with van der Waals surface area (Å²) in [6.07, 6.45) is 0. The molecule has 3 aromatic rings. The molecule has 1 N–H and O–H groups in total. The fraction of sp³-hybridized carbons (Fsp3) is 0.238. The number of benzene rings is 2. The molecule has 142 valence electrons. The Morgan fingerprint density at radius 3 is 2.57 bits per heavy atom. The lowest BCUT2D eigenvalue weighted by Crippen LogP contribution is -2.28. The maximum Gasteiger partial charge on any atom is 0.230 e. The number of thioether (sulfide) groups is 1. The first-order valence-electron chi connectivity index (χ1n) is 8.93. The molecule has 1 aromatic heterocycles. The van der Waals surface area contributed by atoms with Gasteiger partial charge in [0.25, 0.3) is 0 Å². The first-order valence-corrected chi connectivity index (χ1v) is 9.91. The number of aryl methyl sites for hydroxylation is 1. The first kappa shape index (κ1) is 19.6. The molecule has 0 bridgehead atoms. The fourth-order valence-corrected chi connectivity index (χ4v) is 3.55. The molecule has 7 heteroatoms. The van der Waals surface area contributed by atoms with Gasteiger partial charge >= 0.3 is 0 Å². The van der Waals surface area contributed by atoms with Crippen LogP contribution < -0.4 is 5.32 Å². The second-order valence-electron chi connectivity index (χ2n) is 6.41. The molecule has 0 aliphatic carbocycles. The summed E-state index contributed by atoms with van der Waals surface area (Å²) in [5, 5.41) is 20.9. The van der Waals surface area contributed by atoms with Gasteiger partial charge < -0.3 is 9.88 Å². The molecule has 0 aliphatic heterocycles. The third-order valence-corrected chi connectivity index (χ3v) is 5.30. The van der Waals surface area contributed by atoms with Gasteiger partial charge in [-0.2, -0.15) is 5.26 Å². The van der Waals surface area contributed by atoms with Crippen molar-refractivity contribution in [2.45, 2.75) is 31.6 Å². The summed E-state index contributed by atoms with van der Waals surface area (Å²) in [6.45, 7) is 4.50. The highest BCUT2D eigenvalue weighted by molar-refractivity contribution is 7.99. The van der Waals surface area contributed by atoms with Crippen LogP contribution in [0.5, 0.6) is 0 Å². The van der Waals surface area contributed by atoms with Gasteiger partial charge in [-0.05, 0) is 37.1 Å². The zero-order chi connectivity index (χ0) is 19.9. The van der Waals surface area contributed by atoms with Crippen LogP contribution in [-0.4, -0.2) is 26.4 Å². The van der Waals surface area contributed by atoms with E-state index in [1.54, 1.807) is 12.1 Å². The van der Waals surface area contributed by atoms with Gasteiger partial charge in [0.05, 0.1) is 30.0 Å². The Balaban J connectivity index is 1.58. The maximum absolute atomic E-state index is 12.4. The van der Waals surface area contributed by atoms with Gasteiger partial charge in [-0.25, -0.2) is 0 Å². The van der Waals surface area contributed by atoms with Crippen molar-refractivity contribution in [1.29, 1.82) is 5.26 Å². The van der Waals surface area contributed by atoms with Crippen LogP contribution in [0, 0.1) is 18.3 Å². The zero-order valence-electron chi connectivity index (χ0n) is 15.8. The van der Waals surface area contributed by atoms with Crippen molar-refractivity contribution in [3.05, 3.63) is 77.1 Å². The van der Waals surface area contributed by atoms with Gasteiger partial charge in [0.1, 0.15) is 5.82 Å². The molecular weight excluding hydrogens is 370 g/mol. The van der Waals surface area contributed by atoms with Crippen LogP contribution in [0.2, 0.25) is 0 Å². The Labute approximate surface area is 168 Å². The smallest absolute Gasteiger partial charge is 0.230 e. The van der Waals surface area contributed by atoms with Crippen molar-refractivity contribution in [3.63, 3.8) is 0 Å². The third kappa shape index (κ3) is 4.99. The van der Waals surface area contributed by atoms with Gasteiger partial charge in [-0.1, -0.05) is 54.2 Å². The quantitative estimate of drug-likeness (QED) is 0.624. The predicted octanol–water partition coefficient (Wildman–Crippen LogP) is 3.48. The Kier molecular flexibility index (Phi) is 6.45. The van der Waals surface area contributed by atoms with Crippen molar-refractivity contribution in [1.82, 2.24) is 20.1 Å². The molecule has 0 fully saturated rings. The van der Waals surface area contributed by atoms with E-state index >= 15 is 0 Å². The average molecular weight is 392 g/mol. The largest absolute Gasteiger partial charge is 0.349 e. The van der Waals surface area contributed by atoms with E-state index in [0.717, 1.165) is 22.1 Å². The van der Waals surface area contributed by atoms with Crippen LogP contribution >= 0.6 is 11.8 Å². The summed E-state index contributed by atoms with van der Waals surface area (Å²) >= 11 is 1.37. The number of amides is 1. The lowest BCUT2D eigenvalue weighted by atomic mass is 10.1. The number of carbonyl (C=O) groups excluding carboxylic acids is 1. The van der Waals surface area contributed by atoms with Crippen LogP contribution in [0.4, 0.5) is 0 Å². The molecule has 0 aliphatic rings. The number of hydrogen-bond acceptors (Lipinski definition) is 5. The standard InChI is InChI=1S/C21H21N5OS/c1-15(19-10-8-17(12-22)9-11-19)23-20(27)14-28-21-25-24-16(2)26(21)13-18-6-4-3-5-7-18/h3-11,15H,13-14H2,1-2H3,(H,23,27). The van der Waals surface area contributed by atoms with E-state index in [1.807, 2.05) is 48.7 Å². The van der Waals surface area contributed by atoms with E-state index < -0.39 is 0 Å². The zero-order valence-corrected chi connectivity index (χ0v) is 16.6. The molecule has 0 saturated carbocycles. The van der Waals surface area contributed by atoms with E-state index in [0.29, 0.717) is 12.1 Å². The molecule has 0 radical (unpaired) electrons. The highest BCUT2D eigenvalue weighted by Gasteiger charge is 2.14. The number of rotatable bonds is 7. The number of nitrogens with zero attached hydrogens (tertiary/aromatic N) is 4. The molecule has 1 unspecified atom stereocenters. The summed E-state index contributed by atoms with van der Waals surface area (Å²) in [6, 6.07) is 19.3. The SMILES string of the molecule is Cc1nnc(SCC(=O)NC(C)c2ccc(C#N)cc2)n1Cc1ccccc1. The average Bonchev–Trinajstić information content (AvgIpc) is 3.06. The van der Waals surface area contributed by atoms with E-state index in [9.17, 15) is 4.79 Å². The minimum atomic E-state index is -0.134. The second-order valence-corrected chi connectivity index (χ2v) is 7.36. The predicted molar refractivity (Wildman–Crippen MR) is 109 cm³/mol. The number of aromatic nitrogens is 3. The fourth-order valence-electron chi connectivity index (χ4n) is 2.76. The van der Waals surface area contributed by atoms with Crippen LogP contribution in [0.1, 0.15) is 35.5 Å². The van der Waals surface area contributed by atoms with Crippen molar-refractivity contribution >= 4 is 17.7 Å². The normalized spacial score (nSPS) is 11.6. The van der Waals surface area contributed by atoms with Crippen LogP contribution in [0.15, 0.2) is 59.8 Å². The Bertz CT molecular complexity index is 976. The summed E-state index contributed by atoms with van der Waals surface area (Å²) in [5.74, 6) is 1.000. The van der Waals surface area contributed by atoms with Crippen LogP contribution in [0.25, 0.3) is 0 Å². The summed E-state index contributed by atoms with van der Waals surface area (Å²) in [4.78, 5) is 12.4. The number of hydrogen-bond donors (Lipinski definition) is 1. The van der Waals surface area contributed by atoms with Crippen molar-refractivity contribution < 1.29 is 4.79 Å². The summed E-state index contributed by atoms with van der Waals surface area (Å²) < 4.78 is 2.01. The van der Waals surface area contributed by atoms with Gasteiger partial charge in [-0.15, -0.1) is 10.2 Å². The molecule has 2 aromatic carbocycles. The monoisotopic (exact) mass is 391 g/mol. The molecule has 1 heterocycles. The maximum atomic E-state index is 12.4.